The Labute approximate surface area is 116 Å². The molecular formula is C16H26N2O. The number of fused-ring (bicyclic) bond motifs is 1. The van der Waals surface area contributed by atoms with Crippen molar-refractivity contribution >= 4 is 0 Å². The van der Waals surface area contributed by atoms with Gasteiger partial charge in [0.05, 0.1) is 6.61 Å². The Bertz CT molecular complexity index is 415. The smallest absolute Gasteiger partial charge is 0.122 e. The highest BCUT2D eigenvalue weighted by Gasteiger charge is 2.14. The molecule has 1 aliphatic rings. The Morgan fingerprint density at radius 2 is 2.21 bits per heavy atom. The van der Waals surface area contributed by atoms with Gasteiger partial charge < -0.3 is 15.8 Å². The molecule has 0 bridgehead atoms. The predicted molar refractivity (Wildman–Crippen MR) is 79.4 cm³/mol. The van der Waals surface area contributed by atoms with Crippen molar-refractivity contribution in [1.82, 2.24) is 5.32 Å². The minimum absolute atomic E-state index is 0.233. The minimum Gasteiger partial charge on any atom is -0.493 e. The molecule has 0 aliphatic carbocycles. The van der Waals surface area contributed by atoms with Crippen molar-refractivity contribution in [2.75, 3.05) is 19.7 Å². The molecule has 0 spiro atoms. The highest BCUT2D eigenvalue weighted by molar-refractivity contribution is 5.38. The average Bonchev–Trinajstić information content (AvgIpc) is 2.43. The van der Waals surface area contributed by atoms with E-state index in [1.807, 2.05) is 0 Å². The number of nitrogens with one attached hydrogen (secondary N) is 1. The molecule has 3 N–H and O–H groups in total. The van der Waals surface area contributed by atoms with Crippen LogP contribution < -0.4 is 15.8 Å². The SMILES string of the molecule is CC(C)(CN)CCNCc1ccc2c(c1)CCCO2. The summed E-state index contributed by atoms with van der Waals surface area (Å²) in [6, 6.07) is 6.54. The monoisotopic (exact) mass is 262 g/mol. The van der Waals surface area contributed by atoms with E-state index in [1.54, 1.807) is 0 Å². The van der Waals surface area contributed by atoms with E-state index < -0.39 is 0 Å². The second-order valence-electron chi connectivity index (χ2n) is 6.19. The van der Waals surface area contributed by atoms with E-state index in [9.17, 15) is 0 Å². The highest BCUT2D eigenvalue weighted by atomic mass is 16.5. The fourth-order valence-electron chi connectivity index (χ4n) is 2.29. The summed E-state index contributed by atoms with van der Waals surface area (Å²) in [6.07, 6.45) is 3.38. The summed E-state index contributed by atoms with van der Waals surface area (Å²) in [7, 11) is 0. The lowest BCUT2D eigenvalue weighted by molar-refractivity contribution is 0.288. The molecule has 1 aliphatic heterocycles. The number of nitrogens with two attached hydrogens (primary N) is 1. The predicted octanol–water partition coefficient (Wildman–Crippen LogP) is 2.48. The van der Waals surface area contributed by atoms with E-state index in [0.717, 1.165) is 51.3 Å². The van der Waals surface area contributed by atoms with E-state index in [1.165, 1.54) is 11.1 Å². The van der Waals surface area contributed by atoms with Crippen molar-refractivity contribution in [3.63, 3.8) is 0 Å². The fraction of sp³-hybridized carbons (Fsp3) is 0.625. The van der Waals surface area contributed by atoms with Gasteiger partial charge in [0.1, 0.15) is 5.75 Å². The molecule has 0 amide bonds. The first kappa shape index (κ1) is 14.4. The Kier molecular flexibility index (Phi) is 4.83. The molecule has 0 fully saturated rings. The standard InChI is InChI=1S/C16H26N2O/c1-16(2,12-17)7-8-18-11-13-5-6-15-14(10-13)4-3-9-19-15/h5-6,10,18H,3-4,7-9,11-12,17H2,1-2H3. The zero-order chi connectivity index (χ0) is 13.7. The topological polar surface area (TPSA) is 47.3 Å². The Morgan fingerprint density at radius 1 is 1.37 bits per heavy atom. The summed E-state index contributed by atoms with van der Waals surface area (Å²) in [4.78, 5) is 0. The van der Waals surface area contributed by atoms with E-state index in [0.29, 0.717) is 0 Å². The van der Waals surface area contributed by atoms with Gasteiger partial charge in [-0.3, -0.25) is 0 Å². The Hall–Kier alpha value is -1.06. The number of rotatable bonds is 6. The summed E-state index contributed by atoms with van der Waals surface area (Å²) in [5.41, 5.74) is 8.66. The van der Waals surface area contributed by atoms with Gasteiger partial charge in [0.2, 0.25) is 0 Å². The van der Waals surface area contributed by atoms with E-state index in [2.05, 4.69) is 37.4 Å². The number of benzene rings is 1. The molecule has 3 nitrogen and oxygen atoms in total. The maximum absolute atomic E-state index is 5.73. The largest absolute Gasteiger partial charge is 0.493 e. The first-order valence-corrected chi connectivity index (χ1v) is 7.26. The molecule has 1 aromatic carbocycles. The Balaban J connectivity index is 1.80. The van der Waals surface area contributed by atoms with Crippen molar-refractivity contribution in [1.29, 1.82) is 0 Å². The average molecular weight is 262 g/mol. The fourth-order valence-corrected chi connectivity index (χ4v) is 2.29. The van der Waals surface area contributed by atoms with Crippen LogP contribution in [0.2, 0.25) is 0 Å². The van der Waals surface area contributed by atoms with Crippen LogP contribution in [0.4, 0.5) is 0 Å². The quantitative estimate of drug-likeness (QED) is 0.774. The van der Waals surface area contributed by atoms with Crippen LogP contribution >= 0.6 is 0 Å². The second kappa shape index (κ2) is 6.40. The van der Waals surface area contributed by atoms with Gasteiger partial charge in [0.25, 0.3) is 0 Å². The summed E-state index contributed by atoms with van der Waals surface area (Å²) < 4.78 is 5.63. The molecule has 0 radical (unpaired) electrons. The van der Waals surface area contributed by atoms with Gasteiger partial charge in [-0.2, -0.15) is 0 Å². The van der Waals surface area contributed by atoms with E-state index >= 15 is 0 Å². The normalized spacial score (nSPS) is 14.9. The van der Waals surface area contributed by atoms with Crippen molar-refractivity contribution < 1.29 is 4.74 Å². The maximum Gasteiger partial charge on any atom is 0.122 e. The van der Waals surface area contributed by atoms with Crippen LogP contribution in [-0.2, 0) is 13.0 Å². The maximum atomic E-state index is 5.73. The molecule has 0 unspecified atom stereocenters. The molecule has 1 heterocycles. The zero-order valence-corrected chi connectivity index (χ0v) is 12.2. The lowest BCUT2D eigenvalue weighted by atomic mass is 9.90. The molecule has 2 rings (SSSR count). The lowest BCUT2D eigenvalue weighted by Gasteiger charge is -2.22. The van der Waals surface area contributed by atoms with Crippen LogP contribution in [0.25, 0.3) is 0 Å². The van der Waals surface area contributed by atoms with Crippen molar-refractivity contribution in [2.45, 2.75) is 39.7 Å². The number of ether oxygens (including phenoxy) is 1. The highest BCUT2D eigenvalue weighted by Crippen LogP contribution is 2.25. The van der Waals surface area contributed by atoms with E-state index in [4.69, 9.17) is 10.5 Å². The Morgan fingerprint density at radius 3 is 3.00 bits per heavy atom. The molecule has 106 valence electrons. The summed E-state index contributed by atoms with van der Waals surface area (Å²) in [5, 5.41) is 3.50. The summed E-state index contributed by atoms with van der Waals surface area (Å²) in [6.45, 7) is 7.96. The number of hydrogen-bond acceptors (Lipinski definition) is 3. The van der Waals surface area contributed by atoms with Gasteiger partial charge in [-0.25, -0.2) is 0 Å². The molecule has 3 heteroatoms. The van der Waals surface area contributed by atoms with Crippen LogP contribution in [0.5, 0.6) is 5.75 Å². The first-order valence-electron chi connectivity index (χ1n) is 7.26. The van der Waals surface area contributed by atoms with Crippen LogP contribution in [0.3, 0.4) is 0 Å². The second-order valence-corrected chi connectivity index (χ2v) is 6.19. The first-order chi connectivity index (χ1) is 9.11. The number of hydrogen-bond donors (Lipinski definition) is 2. The molecule has 0 aromatic heterocycles. The summed E-state index contributed by atoms with van der Waals surface area (Å²) in [5.74, 6) is 1.07. The zero-order valence-electron chi connectivity index (χ0n) is 12.2. The van der Waals surface area contributed by atoms with Gasteiger partial charge in [-0.05, 0) is 55.0 Å². The van der Waals surface area contributed by atoms with Crippen LogP contribution in [0, 0.1) is 5.41 Å². The van der Waals surface area contributed by atoms with Gasteiger partial charge >= 0.3 is 0 Å². The number of aryl methyl sites for hydroxylation is 1. The van der Waals surface area contributed by atoms with Gasteiger partial charge in [0.15, 0.2) is 0 Å². The molecule has 0 saturated heterocycles. The molecule has 1 aromatic rings. The van der Waals surface area contributed by atoms with Crippen molar-refractivity contribution in [2.24, 2.45) is 11.1 Å². The van der Waals surface area contributed by atoms with Gasteiger partial charge in [-0.1, -0.05) is 26.0 Å². The third-order valence-corrected chi connectivity index (χ3v) is 3.83. The van der Waals surface area contributed by atoms with Crippen LogP contribution in [0.15, 0.2) is 18.2 Å². The minimum atomic E-state index is 0.233. The van der Waals surface area contributed by atoms with Crippen LogP contribution in [-0.4, -0.2) is 19.7 Å². The van der Waals surface area contributed by atoms with Crippen molar-refractivity contribution in [3.8, 4) is 5.75 Å². The van der Waals surface area contributed by atoms with Crippen molar-refractivity contribution in [3.05, 3.63) is 29.3 Å². The van der Waals surface area contributed by atoms with Gasteiger partial charge in [-0.15, -0.1) is 0 Å². The molecule has 0 atom stereocenters. The lowest BCUT2D eigenvalue weighted by Crippen LogP contribution is -2.28. The molecule has 0 saturated carbocycles. The van der Waals surface area contributed by atoms with E-state index in [-0.39, 0.29) is 5.41 Å². The third kappa shape index (κ3) is 4.22. The van der Waals surface area contributed by atoms with Gasteiger partial charge in [0, 0.05) is 6.54 Å². The molecular weight excluding hydrogens is 236 g/mol. The van der Waals surface area contributed by atoms with Crippen LogP contribution in [0.1, 0.15) is 37.8 Å². The summed E-state index contributed by atoms with van der Waals surface area (Å²) >= 11 is 0. The third-order valence-electron chi connectivity index (χ3n) is 3.83. The molecule has 19 heavy (non-hydrogen) atoms.